The highest BCUT2D eigenvalue weighted by Gasteiger charge is 2.17. The molecule has 88 valence electrons. The summed E-state index contributed by atoms with van der Waals surface area (Å²) in [6.07, 6.45) is 1.45. The van der Waals surface area contributed by atoms with Gasteiger partial charge in [0.25, 0.3) is 5.91 Å². The summed E-state index contributed by atoms with van der Waals surface area (Å²) in [6.45, 7) is 2.24. The molecule has 0 saturated carbocycles. The number of hydrogen-bond acceptors (Lipinski definition) is 5. The zero-order chi connectivity index (χ0) is 12.3. The molecule has 2 N–H and O–H groups in total. The van der Waals surface area contributed by atoms with E-state index in [1.54, 1.807) is 18.2 Å². The third-order valence-corrected chi connectivity index (χ3v) is 2.20. The van der Waals surface area contributed by atoms with Gasteiger partial charge in [0.2, 0.25) is 0 Å². The van der Waals surface area contributed by atoms with Gasteiger partial charge >= 0.3 is 0 Å². The molecule has 2 aromatic rings. The van der Waals surface area contributed by atoms with Crippen LogP contribution < -0.4 is 10.5 Å². The summed E-state index contributed by atoms with van der Waals surface area (Å²) in [6, 6.07) is 5.04. The maximum absolute atomic E-state index is 11.3. The predicted molar refractivity (Wildman–Crippen MR) is 59.4 cm³/mol. The van der Waals surface area contributed by atoms with E-state index in [1.165, 1.54) is 6.20 Å². The molecule has 1 amide bonds. The maximum Gasteiger partial charge on any atom is 0.252 e. The number of hydrogen-bond donors (Lipinski definition) is 1. The van der Waals surface area contributed by atoms with Crippen LogP contribution in [0.1, 0.15) is 17.3 Å². The molecule has 17 heavy (non-hydrogen) atoms. The first-order chi connectivity index (χ1) is 8.24. The fourth-order valence-electron chi connectivity index (χ4n) is 1.51. The molecule has 1 aromatic carbocycles. The Labute approximate surface area is 97.4 Å². The van der Waals surface area contributed by atoms with Crippen molar-refractivity contribution in [3.63, 3.8) is 0 Å². The lowest BCUT2D eigenvalue weighted by Crippen LogP contribution is -2.13. The average Bonchev–Trinajstić information content (AvgIpc) is 2.83. The largest absolute Gasteiger partial charge is 0.492 e. The van der Waals surface area contributed by atoms with Crippen LogP contribution in [-0.4, -0.2) is 22.9 Å². The van der Waals surface area contributed by atoms with Crippen molar-refractivity contribution in [3.05, 3.63) is 30.0 Å². The predicted octanol–water partition coefficient (Wildman–Crippen LogP) is 1.23. The minimum Gasteiger partial charge on any atom is -0.492 e. The molecule has 0 radical (unpaired) electrons. The highest BCUT2D eigenvalue weighted by atomic mass is 16.5. The molecule has 0 unspecified atom stereocenters. The highest BCUT2D eigenvalue weighted by molar-refractivity contribution is 5.98. The Kier molecular flexibility index (Phi) is 3.04. The standard InChI is InChI=1S/C11H11N3O3/c1-2-16-10-7(9-6-13-14-17-9)4-3-5-8(10)11(12)15/h3-6H,2H2,1H3,(H2,12,15). The molecule has 0 aliphatic heterocycles. The van der Waals surface area contributed by atoms with Crippen LogP contribution in [0.2, 0.25) is 0 Å². The van der Waals surface area contributed by atoms with Crippen molar-refractivity contribution < 1.29 is 14.1 Å². The van der Waals surface area contributed by atoms with Crippen LogP contribution in [0, 0.1) is 0 Å². The number of nitrogens with zero attached hydrogens (tertiary/aromatic N) is 2. The van der Waals surface area contributed by atoms with Gasteiger partial charge in [-0.05, 0) is 19.1 Å². The Hall–Kier alpha value is -2.37. The number of rotatable bonds is 4. The lowest BCUT2D eigenvalue weighted by atomic mass is 10.1. The number of carbonyl (C=O) groups is 1. The van der Waals surface area contributed by atoms with Gasteiger partial charge in [0.15, 0.2) is 5.76 Å². The first kappa shape index (κ1) is 11.1. The van der Waals surface area contributed by atoms with E-state index in [9.17, 15) is 4.79 Å². The summed E-state index contributed by atoms with van der Waals surface area (Å²) in [4.78, 5) is 11.3. The molecular weight excluding hydrogens is 222 g/mol. The molecule has 2 rings (SSSR count). The van der Waals surface area contributed by atoms with E-state index < -0.39 is 5.91 Å². The van der Waals surface area contributed by atoms with Crippen molar-refractivity contribution in [3.8, 4) is 17.1 Å². The zero-order valence-electron chi connectivity index (χ0n) is 9.21. The van der Waals surface area contributed by atoms with Crippen molar-refractivity contribution in [2.75, 3.05) is 6.61 Å². The van der Waals surface area contributed by atoms with Crippen molar-refractivity contribution in [2.24, 2.45) is 5.73 Å². The van der Waals surface area contributed by atoms with Crippen molar-refractivity contribution in [1.82, 2.24) is 10.4 Å². The van der Waals surface area contributed by atoms with E-state index in [2.05, 4.69) is 10.4 Å². The Morgan fingerprint density at radius 2 is 2.35 bits per heavy atom. The lowest BCUT2D eigenvalue weighted by Gasteiger charge is -2.10. The fourth-order valence-corrected chi connectivity index (χ4v) is 1.51. The van der Waals surface area contributed by atoms with Crippen LogP contribution in [0.3, 0.4) is 0 Å². The number of carbonyl (C=O) groups excluding carboxylic acids is 1. The van der Waals surface area contributed by atoms with E-state index in [4.69, 9.17) is 15.0 Å². The minimum atomic E-state index is -0.553. The lowest BCUT2D eigenvalue weighted by molar-refractivity contribution is 0.0996. The van der Waals surface area contributed by atoms with E-state index in [0.29, 0.717) is 29.2 Å². The summed E-state index contributed by atoms with van der Waals surface area (Å²) in [5.74, 6) is 0.264. The number of amides is 1. The molecule has 0 spiro atoms. The first-order valence-corrected chi connectivity index (χ1v) is 5.07. The Balaban J connectivity index is 2.58. The average molecular weight is 233 g/mol. The molecule has 0 fully saturated rings. The topological polar surface area (TPSA) is 91.2 Å². The van der Waals surface area contributed by atoms with Crippen molar-refractivity contribution >= 4 is 5.91 Å². The number of nitrogens with two attached hydrogens (primary N) is 1. The summed E-state index contributed by atoms with van der Waals surface area (Å²) < 4.78 is 10.4. The fraction of sp³-hybridized carbons (Fsp3) is 0.182. The number of benzene rings is 1. The monoisotopic (exact) mass is 233 g/mol. The van der Waals surface area contributed by atoms with Crippen LogP contribution in [0.4, 0.5) is 0 Å². The van der Waals surface area contributed by atoms with Crippen molar-refractivity contribution in [1.29, 1.82) is 0 Å². The SMILES string of the molecule is CCOc1c(C(N)=O)cccc1-c1cnno1. The second-order valence-corrected chi connectivity index (χ2v) is 3.26. The molecule has 1 aromatic heterocycles. The highest BCUT2D eigenvalue weighted by Crippen LogP contribution is 2.32. The molecule has 0 saturated heterocycles. The maximum atomic E-state index is 11.3. The van der Waals surface area contributed by atoms with E-state index in [0.717, 1.165) is 0 Å². The first-order valence-electron chi connectivity index (χ1n) is 5.07. The Bertz CT molecular complexity index is 523. The van der Waals surface area contributed by atoms with Gasteiger partial charge in [-0.1, -0.05) is 6.07 Å². The number of ether oxygens (including phenoxy) is 1. The van der Waals surface area contributed by atoms with Crippen LogP contribution in [0.15, 0.2) is 28.9 Å². The second kappa shape index (κ2) is 4.65. The molecular formula is C11H11N3O3. The Morgan fingerprint density at radius 3 is 2.94 bits per heavy atom. The number of aromatic nitrogens is 2. The third kappa shape index (κ3) is 2.10. The van der Waals surface area contributed by atoms with Gasteiger partial charge in [-0.15, -0.1) is 5.10 Å². The molecule has 0 bridgehead atoms. The summed E-state index contributed by atoms with van der Waals surface area (Å²) >= 11 is 0. The normalized spacial score (nSPS) is 10.2. The number of primary amides is 1. The van der Waals surface area contributed by atoms with Crippen LogP contribution in [-0.2, 0) is 0 Å². The van der Waals surface area contributed by atoms with E-state index >= 15 is 0 Å². The van der Waals surface area contributed by atoms with Crippen LogP contribution >= 0.6 is 0 Å². The smallest absolute Gasteiger partial charge is 0.252 e. The molecule has 1 heterocycles. The van der Waals surface area contributed by atoms with Gasteiger partial charge in [0.1, 0.15) is 5.75 Å². The summed E-state index contributed by atoms with van der Waals surface area (Å²) in [5, 5.41) is 6.96. The van der Waals surface area contributed by atoms with E-state index in [1.807, 2.05) is 6.92 Å². The summed E-state index contributed by atoms with van der Waals surface area (Å²) in [5.41, 5.74) is 6.20. The molecule has 0 atom stereocenters. The van der Waals surface area contributed by atoms with Crippen molar-refractivity contribution in [2.45, 2.75) is 6.92 Å². The third-order valence-electron chi connectivity index (χ3n) is 2.20. The second-order valence-electron chi connectivity index (χ2n) is 3.26. The zero-order valence-corrected chi connectivity index (χ0v) is 9.21. The number of para-hydroxylation sites is 1. The molecule has 6 nitrogen and oxygen atoms in total. The van der Waals surface area contributed by atoms with Gasteiger partial charge < -0.3 is 15.0 Å². The Morgan fingerprint density at radius 1 is 1.53 bits per heavy atom. The molecule has 6 heteroatoms. The van der Waals surface area contributed by atoms with Gasteiger partial charge in [0.05, 0.1) is 23.9 Å². The van der Waals surface area contributed by atoms with Gasteiger partial charge in [-0.25, -0.2) is 0 Å². The van der Waals surface area contributed by atoms with Gasteiger partial charge in [-0.2, -0.15) is 0 Å². The van der Waals surface area contributed by atoms with Crippen LogP contribution in [0.5, 0.6) is 5.75 Å². The molecule has 0 aliphatic rings. The quantitative estimate of drug-likeness (QED) is 0.857. The molecule has 0 aliphatic carbocycles. The van der Waals surface area contributed by atoms with Gasteiger partial charge in [0, 0.05) is 5.27 Å². The van der Waals surface area contributed by atoms with Crippen LogP contribution in [0.25, 0.3) is 11.3 Å². The summed E-state index contributed by atoms with van der Waals surface area (Å²) in [7, 11) is 0. The van der Waals surface area contributed by atoms with E-state index in [-0.39, 0.29) is 0 Å². The minimum absolute atomic E-state index is 0.306. The van der Waals surface area contributed by atoms with Gasteiger partial charge in [-0.3, -0.25) is 4.79 Å².